The number of rotatable bonds is 6. The molecule has 3 N–H and O–H groups in total. The number of aliphatic hydroxyl groups is 2. The molecule has 9 atom stereocenters. The summed E-state index contributed by atoms with van der Waals surface area (Å²) in [5.74, 6) is 0.987. The predicted octanol–water partition coefficient (Wildman–Crippen LogP) is 7.45. The fourth-order valence-electron chi connectivity index (χ4n) is 10.3. The number of sulfonamides is 1. The lowest BCUT2D eigenvalue weighted by Crippen LogP contribution is -2.56. The number of benzene rings is 1. The Bertz CT molecular complexity index is 1460. The average Bonchev–Trinajstić information content (AvgIpc) is 3.17. The van der Waals surface area contributed by atoms with Crippen molar-refractivity contribution in [1.29, 1.82) is 0 Å². The van der Waals surface area contributed by atoms with Gasteiger partial charge in [-0.25, -0.2) is 17.9 Å². The van der Waals surface area contributed by atoms with Crippen molar-refractivity contribution in [3.05, 3.63) is 41.5 Å². The van der Waals surface area contributed by atoms with Crippen LogP contribution >= 0.6 is 0 Å². The van der Waals surface area contributed by atoms with Gasteiger partial charge in [0, 0.05) is 0 Å². The molecule has 0 unspecified atom stereocenters. The second kappa shape index (κ2) is 12.4. The first-order chi connectivity index (χ1) is 21.6. The van der Waals surface area contributed by atoms with Gasteiger partial charge in [-0.05, 0) is 146 Å². The summed E-state index contributed by atoms with van der Waals surface area (Å²) in [5, 5.41) is 23.2. The van der Waals surface area contributed by atoms with Crippen LogP contribution in [0.15, 0.2) is 40.8 Å². The number of ether oxygens (including phenoxy) is 2. The van der Waals surface area contributed by atoms with Crippen LogP contribution in [-0.2, 0) is 19.5 Å². The Hall–Kier alpha value is -1.94. The van der Waals surface area contributed by atoms with E-state index in [0.717, 1.165) is 37.7 Å². The number of fused-ring (bicyclic) bond motifs is 2. The van der Waals surface area contributed by atoms with Crippen LogP contribution in [0.5, 0.6) is 0 Å². The molecule has 9 heteroatoms. The molecule has 1 saturated heterocycles. The van der Waals surface area contributed by atoms with Gasteiger partial charge in [0.25, 0.3) is 10.0 Å². The van der Waals surface area contributed by atoms with Crippen LogP contribution in [-0.4, -0.2) is 53.7 Å². The van der Waals surface area contributed by atoms with E-state index < -0.39 is 39.0 Å². The third kappa shape index (κ3) is 6.93. The molecule has 1 heterocycles. The molecule has 0 radical (unpaired) electrons. The van der Waals surface area contributed by atoms with E-state index in [9.17, 15) is 23.4 Å². The Labute approximate surface area is 283 Å². The van der Waals surface area contributed by atoms with Crippen LogP contribution in [0.3, 0.4) is 0 Å². The number of aryl methyl sites for hydroxylation is 1. The van der Waals surface area contributed by atoms with Crippen molar-refractivity contribution in [3.8, 4) is 0 Å². The molecule has 5 rings (SSSR count). The Morgan fingerprint density at radius 1 is 0.894 bits per heavy atom. The van der Waals surface area contributed by atoms with E-state index in [2.05, 4.69) is 38.5 Å². The van der Waals surface area contributed by atoms with Gasteiger partial charge in [0.1, 0.15) is 6.10 Å². The van der Waals surface area contributed by atoms with Gasteiger partial charge in [-0.15, -0.1) is 0 Å². The van der Waals surface area contributed by atoms with Crippen molar-refractivity contribution in [2.45, 2.75) is 154 Å². The largest absolute Gasteiger partial charge is 0.442 e. The van der Waals surface area contributed by atoms with Crippen LogP contribution in [0.25, 0.3) is 0 Å². The van der Waals surface area contributed by atoms with Gasteiger partial charge in [0.05, 0.1) is 27.8 Å². The summed E-state index contributed by atoms with van der Waals surface area (Å²) in [5.41, 5.74) is -0.452. The molecule has 2 saturated carbocycles. The lowest BCUT2D eigenvalue weighted by molar-refractivity contribution is -0.206. The summed E-state index contributed by atoms with van der Waals surface area (Å²) in [6.07, 6.45) is 7.53. The summed E-state index contributed by atoms with van der Waals surface area (Å²) >= 11 is 0. The number of carbonyl (C=O) groups excluding carboxylic acids is 1. The first-order valence-electron chi connectivity index (χ1n) is 17.7. The van der Waals surface area contributed by atoms with Crippen LogP contribution < -0.4 is 4.72 Å². The first kappa shape index (κ1) is 36.3. The molecule has 1 aromatic rings. The predicted molar refractivity (Wildman–Crippen MR) is 183 cm³/mol. The maximum absolute atomic E-state index is 13.0. The van der Waals surface area contributed by atoms with Gasteiger partial charge in [-0.1, -0.05) is 50.1 Å². The molecule has 1 amide bonds. The zero-order valence-corrected chi connectivity index (χ0v) is 30.9. The smallest absolute Gasteiger partial charge is 0.421 e. The minimum absolute atomic E-state index is 0.00390. The molecule has 4 aliphatic rings. The van der Waals surface area contributed by atoms with E-state index in [1.54, 1.807) is 12.1 Å². The molecule has 264 valence electrons. The number of hydrogen-bond acceptors (Lipinski definition) is 7. The third-order valence-corrected chi connectivity index (χ3v) is 14.6. The standard InChI is InChI=1S/C38H59NO7S/c1-24-10-13-26(14-11-24)47(43,44)39-33(40)45-31-19-21-36(7)30(38(9,42)23-20-32(36)46-35(31,5)6)17-16-27-25(2)12-15-29-28(34(27,3)4)18-22-37(29,8)41/h10-14,27-32,41-42H,15-23H2,1-9H3,(H,39,40)/t27-,28+,29+,30+,31+,32+,36+,37+,38-/m1/s1. The molecule has 8 nitrogen and oxygen atoms in total. The van der Waals surface area contributed by atoms with Crippen LogP contribution in [0.4, 0.5) is 4.79 Å². The van der Waals surface area contributed by atoms with E-state index in [1.807, 2.05) is 34.6 Å². The maximum atomic E-state index is 13.0. The molecule has 1 aliphatic heterocycles. The van der Waals surface area contributed by atoms with Crippen molar-refractivity contribution >= 4 is 16.1 Å². The number of amides is 1. The molecule has 47 heavy (non-hydrogen) atoms. The van der Waals surface area contributed by atoms with Gasteiger partial charge in [-0.2, -0.15) is 0 Å². The summed E-state index contributed by atoms with van der Waals surface area (Å²) in [6.45, 7) is 18.9. The van der Waals surface area contributed by atoms with Crippen molar-refractivity contribution in [3.63, 3.8) is 0 Å². The van der Waals surface area contributed by atoms with Crippen molar-refractivity contribution in [2.75, 3.05) is 0 Å². The fraction of sp³-hybridized carbons (Fsp3) is 0.763. The monoisotopic (exact) mass is 673 g/mol. The molecule has 3 aliphatic carbocycles. The minimum Gasteiger partial charge on any atom is -0.442 e. The summed E-state index contributed by atoms with van der Waals surface area (Å²) < 4.78 is 40.5. The molecule has 0 bridgehead atoms. The SMILES string of the molecule is CC1=CC[C@H]2[C@H](CC[C@]2(C)O)C(C)(C)[C@@H]1CC[C@H]1[C@]2(C)CC[C@H](OC(=O)NS(=O)(=O)c3ccc(C)cc3)C(C)(C)O[C@H]2CC[C@@]1(C)O. The number of hydrogen-bond donors (Lipinski definition) is 3. The number of carbonyl (C=O) groups is 1. The molecule has 0 aromatic heterocycles. The Morgan fingerprint density at radius 2 is 1.53 bits per heavy atom. The molecule has 1 aromatic carbocycles. The van der Waals surface area contributed by atoms with Crippen LogP contribution in [0.2, 0.25) is 0 Å². The molecular weight excluding hydrogens is 614 g/mol. The highest BCUT2D eigenvalue weighted by Gasteiger charge is 2.58. The Morgan fingerprint density at radius 3 is 2.19 bits per heavy atom. The second-order valence-corrected chi connectivity index (χ2v) is 18.9. The van der Waals surface area contributed by atoms with Gasteiger partial charge >= 0.3 is 6.09 Å². The van der Waals surface area contributed by atoms with E-state index in [-0.39, 0.29) is 33.7 Å². The average molecular weight is 674 g/mol. The molecule has 3 fully saturated rings. The fourth-order valence-corrected chi connectivity index (χ4v) is 11.2. The van der Waals surface area contributed by atoms with Gasteiger partial charge in [-0.3, -0.25) is 0 Å². The normalized spacial score (nSPS) is 39.9. The van der Waals surface area contributed by atoms with Crippen LogP contribution in [0, 0.1) is 41.4 Å². The zero-order valence-electron chi connectivity index (χ0n) is 30.1. The highest BCUT2D eigenvalue weighted by Crippen LogP contribution is 2.59. The second-order valence-electron chi connectivity index (χ2n) is 17.3. The van der Waals surface area contributed by atoms with E-state index >= 15 is 0 Å². The van der Waals surface area contributed by atoms with Gasteiger partial charge in [0.15, 0.2) is 0 Å². The number of nitrogens with one attached hydrogen (secondary N) is 1. The topological polar surface area (TPSA) is 122 Å². The Balaban J connectivity index is 1.33. The third-order valence-electron chi connectivity index (χ3n) is 13.2. The van der Waals surface area contributed by atoms with Gasteiger partial charge < -0.3 is 19.7 Å². The van der Waals surface area contributed by atoms with E-state index in [1.165, 1.54) is 17.7 Å². The highest BCUT2D eigenvalue weighted by atomic mass is 32.2. The van der Waals surface area contributed by atoms with Crippen molar-refractivity contribution < 1.29 is 32.9 Å². The Kier molecular flexibility index (Phi) is 9.61. The van der Waals surface area contributed by atoms with Gasteiger partial charge in [0.2, 0.25) is 0 Å². The zero-order chi connectivity index (χ0) is 34.8. The lowest BCUT2D eigenvalue weighted by Gasteiger charge is -2.54. The summed E-state index contributed by atoms with van der Waals surface area (Å²) in [6, 6.07) is 6.29. The van der Waals surface area contributed by atoms with Crippen LogP contribution in [0.1, 0.15) is 119 Å². The first-order valence-corrected chi connectivity index (χ1v) is 19.2. The van der Waals surface area contributed by atoms with Crippen molar-refractivity contribution in [1.82, 2.24) is 4.72 Å². The summed E-state index contributed by atoms with van der Waals surface area (Å²) in [4.78, 5) is 13.0. The molecular formula is C38H59NO7S. The maximum Gasteiger partial charge on any atom is 0.421 e. The quantitative estimate of drug-likeness (QED) is 0.268. The lowest BCUT2D eigenvalue weighted by atomic mass is 9.55. The summed E-state index contributed by atoms with van der Waals surface area (Å²) in [7, 11) is -4.09. The molecule has 0 spiro atoms. The van der Waals surface area contributed by atoms with E-state index in [4.69, 9.17) is 9.47 Å². The minimum atomic E-state index is -4.09. The highest BCUT2D eigenvalue weighted by molar-refractivity contribution is 7.90. The number of allylic oxidation sites excluding steroid dienone is 2. The van der Waals surface area contributed by atoms with Crippen molar-refractivity contribution in [2.24, 2.45) is 34.5 Å². The van der Waals surface area contributed by atoms with E-state index in [0.29, 0.717) is 37.5 Å².